The van der Waals surface area contributed by atoms with E-state index in [0.29, 0.717) is 17.1 Å². The lowest BCUT2D eigenvalue weighted by atomic mass is 10.1. The number of amides is 2. The third-order valence-corrected chi connectivity index (χ3v) is 3.34. The van der Waals surface area contributed by atoms with Crippen LogP contribution < -0.4 is 15.5 Å². The molecule has 0 fully saturated rings. The minimum atomic E-state index is -0.843. The van der Waals surface area contributed by atoms with Crippen LogP contribution in [0, 0.1) is 6.92 Å². The van der Waals surface area contributed by atoms with Gasteiger partial charge in [0, 0.05) is 11.3 Å². The average Bonchev–Trinajstić information content (AvgIpc) is 2.61. The van der Waals surface area contributed by atoms with Crippen molar-refractivity contribution in [3.05, 3.63) is 59.7 Å². The first-order valence-electron chi connectivity index (χ1n) is 7.37. The number of carbonyl (C=O) groups excluding carboxylic acids is 2. The predicted octanol–water partition coefficient (Wildman–Crippen LogP) is 2.48. The molecule has 6 nitrogen and oxygen atoms in total. The van der Waals surface area contributed by atoms with E-state index in [-0.39, 0.29) is 0 Å². The molecule has 0 unspecified atom stereocenters. The van der Waals surface area contributed by atoms with E-state index < -0.39 is 11.8 Å². The largest absolute Gasteiger partial charge is 0.496 e. The van der Waals surface area contributed by atoms with Crippen LogP contribution in [0.4, 0.5) is 5.69 Å². The van der Waals surface area contributed by atoms with Crippen LogP contribution in [-0.2, 0) is 9.59 Å². The van der Waals surface area contributed by atoms with Crippen LogP contribution in [0.15, 0.2) is 53.6 Å². The molecule has 124 valence electrons. The Balaban J connectivity index is 2.00. The van der Waals surface area contributed by atoms with Crippen molar-refractivity contribution in [2.45, 2.75) is 13.8 Å². The van der Waals surface area contributed by atoms with E-state index >= 15 is 0 Å². The van der Waals surface area contributed by atoms with E-state index in [2.05, 4.69) is 15.8 Å². The van der Waals surface area contributed by atoms with E-state index in [4.69, 9.17) is 4.74 Å². The first-order valence-corrected chi connectivity index (χ1v) is 7.37. The molecule has 0 atom stereocenters. The Labute approximate surface area is 140 Å². The molecule has 0 aliphatic carbocycles. The van der Waals surface area contributed by atoms with Gasteiger partial charge in [0.05, 0.1) is 12.8 Å². The van der Waals surface area contributed by atoms with Gasteiger partial charge in [-0.15, -0.1) is 0 Å². The number of benzene rings is 2. The first kappa shape index (κ1) is 17.2. The van der Waals surface area contributed by atoms with Crippen molar-refractivity contribution in [1.29, 1.82) is 0 Å². The van der Waals surface area contributed by atoms with Gasteiger partial charge in [-0.25, -0.2) is 5.43 Å². The number of nitrogens with one attached hydrogen (secondary N) is 2. The van der Waals surface area contributed by atoms with Gasteiger partial charge in [0.25, 0.3) is 0 Å². The Kier molecular flexibility index (Phi) is 5.68. The van der Waals surface area contributed by atoms with Crippen LogP contribution >= 0.6 is 0 Å². The molecule has 0 aliphatic heterocycles. The van der Waals surface area contributed by atoms with Gasteiger partial charge < -0.3 is 10.1 Å². The molecule has 0 saturated heterocycles. The second kappa shape index (κ2) is 7.92. The number of hydrogen-bond acceptors (Lipinski definition) is 4. The third-order valence-electron chi connectivity index (χ3n) is 3.34. The number of carbonyl (C=O) groups is 2. The molecule has 0 saturated carbocycles. The van der Waals surface area contributed by atoms with Gasteiger partial charge in [-0.05, 0) is 38.1 Å². The molecule has 0 heterocycles. The highest BCUT2D eigenvalue weighted by molar-refractivity contribution is 6.39. The molecule has 2 aromatic rings. The second-order valence-corrected chi connectivity index (χ2v) is 5.16. The van der Waals surface area contributed by atoms with Crippen LogP contribution in [0.2, 0.25) is 0 Å². The zero-order chi connectivity index (χ0) is 17.5. The van der Waals surface area contributed by atoms with Crippen LogP contribution in [0.5, 0.6) is 5.75 Å². The molecule has 0 radical (unpaired) electrons. The van der Waals surface area contributed by atoms with Crippen LogP contribution in [0.1, 0.15) is 18.1 Å². The molecular weight excluding hydrogens is 306 g/mol. The number of hydrogen-bond donors (Lipinski definition) is 2. The van der Waals surface area contributed by atoms with Gasteiger partial charge in [-0.1, -0.05) is 29.8 Å². The Hall–Kier alpha value is -3.15. The van der Waals surface area contributed by atoms with Crippen molar-refractivity contribution in [3.8, 4) is 5.75 Å². The summed E-state index contributed by atoms with van der Waals surface area (Å²) in [5.41, 5.74) is 5.12. The zero-order valence-corrected chi connectivity index (χ0v) is 13.8. The SMILES string of the molecule is COc1ccccc1/C(C)=N\NC(=O)C(=O)Nc1ccc(C)cc1. The maximum atomic E-state index is 11.9. The van der Waals surface area contributed by atoms with Crippen molar-refractivity contribution in [2.75, 3.05) is 12.4 Å². The predicted molar refractivity (Wildman–Crippen MR) is 93.2 cm³/mol. The Morgan fingerprint density at radius 3 is 2.33 bits per heavy atom. The number of rotatable bonds is 4. The van der Waals surface area contributed by atoms with E-state index in [1.165, 1.54) is 0 Å². The highest BCUT2D eigenvalue weighted by Gasteiger charge is 2.13. The van der Waals surface area contributed by atoms with Crippen molar-refractivity contribution in [2.24, 2.45) is 5.10 Å². The fraction of sp³-hybridized carbons (Fsp3) is 0.167. The van der Waals surface area contributed by atoms with Crippen molar-refractivity contribution < 1.29 is 14.3 Å². The van der Waals surface area contributed by atoms with Crippen molar-refractivity contribution >= 4 is 23.2 Å². The summed E-state index contributed by atoms with van der Waals surface area (Å²) in [6.07, 6.45) is 0. The Morgan fingerprint density at radius 2 is 1.67 bits per heavy atom. The fourth-order valence-electron chi connectivity index (χ4n) is 2.01. The molecule has 0 bridgehead atoms. The molecule has 24 heavy (non-hydrogen) atoms. The summed E-state index contributed by atoms with van der Waals surface area (Å²) < 4.78 is 5.24. The monoisotopic (exact) mass is 325 g/mol. The normalized spacial score (nSPS) is 10.9. The molecule has 0 aliphatic rings. The maximum absolute atomic E-state index is 11.9. The Bertz CT molecular complexity index is 767. The van der Waals surface area contributed by atoms with E-state index in [1.54, 1.807) is 32.2 Å². The van der Waals surface area contributed by atoms with Gasteiger partial charge in [-0.2, -0.15) is 5.10 Å². The van der Waals surface area contributed by atoms with Gasteiger partial charge in [0.1, 0.15) is 5.75 Å². The zero-order valence-electron chi connectivity index (χ0n) is 13.8. The number of para-hydroxylation sites is 1. The molecule has 6 heteroatoms. The van der Waals surface area contributed by atoms with Gasteiger partial charge in [-0.3, -0.25) is 9.59 Å². The number of methoxy groups -OCH3 is 1. The minimum Gasteiger partial charge on any atom is -0.496 e. The summed E-state index contributed by atoms with van der Waals surface area (Å²) in [5, 5.41) is 6.47. The standard InChI is InChI=1S/C18H19N3O3/c1-12-8-10-14(11-9-12)19-17(22)18(23)21-20-13(2)15-6-4-5-7-16(15)24-3/h4-11H,1-3H3,(H,19,22)(H,21,23)/b20-13-. The van der Waals surface area contributed by atoms with Gasteiger partial charge in [0.15, 0.2) is 0 Å². The third kappa shape index (κ3) is 4.42. The highest BCUT2D eigenvalue weighted by atomic mass is 16.5. The van der Waals surface area contributed by atoms with Gasteiger partial charge in [0.2, 0.25) is 0 Å². The molecule has 2 amide bonds. The first-order chi connectivity index (χ1) is 11.5. The van der Waals surface area contributed by atoms with E-state index in [9.17, 15) is 9.59 Å². The lowest BCUT2D eigenvalue weighted by Crippen LogP contribution is -2.32. The molecular formula is C18H19N3O3. The summed E-state index contributed by atoms with van der Waals surface area (Å²) in [6.45, 7) is 3.66. The van der Waals surface area contributed by atoms with Crippen LogP contribution in [-0.4, -0.2) is 24.6 Å². The summed E-state index contributed by atoms with van der Waals surface area (Å²) in [4.78, 5) is 23.7. The van der Waals surface area contributed by atoms with Crippen molar-refractivity contribution in [3.63, 3.8) is 0 Å². The van der Waals surface area contributed by atoms with E-state index in [1.807, 2.05) is 37.3 Å². The lowest BCUT2D eigenvalue weighted by molar-refractivity contribution is -0.136. The number of ether oxygens (including phenoxy) is 1. The number of hydrazone groups is 1. The highest BCUT2D eigenvalue weighted by Crippen LogP contribution is 2.17. The summed E-state index contributed by atoms with van der Waals surface area (Å²) in [6, 6.07) is 14.4. The van der Waals surface area contributed by atoms with Crippen molar-refractivity contribution in [1.82, 2.24) is 5.43 Å². The molecule has 2 rings (SSSR count). The quantitative estimate of drug-likeness (QED) is 0.515. The topological polar surface area (TPSA) is 79.8 Å². The summed E-state index contributed by atoms with van der Waals surface area (Å²) in [7, 11) is 1.56. The minimum absolute atomic E-state index is 0.531. The summed E-state index contributed by atoms with van der Waals surface area (Å²) >= 11 is 0. The molecule has 0 spiro atoms. The Morgan fingerprint density at radius 1 is 1.00 bits per heavy atom. The lowest BCUT2D eigenvalue weighted by Gasteiger charge is -2.08. The molecule has 0 aromatic heterocycles. The molecule has 2 N–H and O–H groups in total. The number of aryl methyl sites for hydroxylation is 1. The average molecular weight is 325 g/mol. The maximum Gasteiger partial charge on any atom is 0.329 e. The molecule has 2 aromatic carbocycles. The number of anilines is 1. The van der Waals surface area contributed by atoms with E-state index in [0.717, 1.165) is 11.1 Å². The fourth-order valence-corrected chi connectivity index (χ4v) is 2.01. The number of nitrogens with zero attached hydrogens (tertiary/aromatic N) is 1. The van der Waals surface area contributed by atoms with Gasteiger partial charge >= 0.3 is 11.8 Å². The smallest absolute Gasteiger partial charge is 0.329 e. The summed E-state index contributed by atoms with van der Waals surface area (Å²) in [5.74, 6) is -0.989. The second-order valence-electron chi connectivity index (χ2n) is 5.16. The van der Waals surface area contributed by atoms with Crippen LogP contribution in [0.25, 0.3) is 0 Å². The van der Waals surface area contributed by atoms with Crippen LogP contribution in [0.3, 0.4) is 0 Å².